The Bertz CT molecular complexity index is 631. The molecule has 0 saturated heterocycles. The van der Waals surface area contributed by atoms with E-state index in [0.717, 1.165) is 5.56 Å². The summed E-state index contributed by atoms with van der Waals surface area (Å²) in [5.41, 5.74) is 0.790. The molecule has 0 aliphatic heterocycles. The van der Waals surface area contributed by atoms with Crippen LogP contribution in [0, 0.1) is 10.1 Å². The van der Waals surface area contributed by atoms with Crippen molar-refractivity contribution in [2.75, 3.05) is 7.11 Å². The third kappa shape index (κ3) is 3.46. The molecule has 0 unspecified atom stereocenters. The number of nitro groups is 1. The molecule has 0 atom stereocenters. The summed E-state index contributed by atoms with van der Waals surface area (Å²) in [6.45, 7) is -0.241. The van der Waals surface area contributed by atoms with E-state index >= 15 is 0 Å². The van der Waals surface area contributed by atoms with Crippen LogP contribution in [0.5, 0.6) is 11.5 Å². The lowest BCUT2D eigenvalue weighted by atomic mass is 10.1. The van der Waals surface area contributed by atoms with Crippen molar-refractivity contribution < 1.29 is 19.5 Å². The van der Waals surface area contributed by atoms with Gasteiger partial charge in [0.1, 0.15) is 6.61 Å². The summed E-state index contributed by atoms with van der Waals surface area (Å²) in [5, 5.41) is 20.2. The Hall–Kier alpha value is -2.67. The van der Waals surface area contributed by atoms with E-state index in [4.69, 9.17) is 9.47 Å². The van der Waals surface area contributed by atoms with Crippen LogP contribution >= 0.6 is 0 Å². The summed E-state index contributed by atoms with van der Waals surface area (Å²) in [6.07, 6.45) is 3.29. The van der Waals surface area contributed by atoms with Crippen molar-refractivity contribution in [3.8, 4) is 11.5 Å². The number of pyridine rings is 1. The first-order valence-corrected chi connectivity index (χ1v) is 6.13. The molecule has 1 N–H and O–H groups in total. The van der Waals surface area contributed by atoms with Gasteiger partial charge in [-0.25, -0.2) is 0 Å². The zero-order valence-electron chi connectivity index (χ0n) is 11.4. The first-order valence-electron chi connectivity index (χ1n) is 6.13. The number of methoxy groups -OCH3 is 1. The van der Waals surface area contributed by atoms with Crippen LogP contribution in [0.4, 0.5) is 5.69 Å². The smallest absolute Gasteiger partial charge is 0.278 e. The fourth-order valence-electron chi connectivity index (χ4n) is 1.80. The summed E-state index contributed by atoms with van der Waals surface area (Å²) in [5.74, 6) is 0.568. The van der Waals surface area contributed by atoms with E-state index in [1.54, 1.807) is 18.5 Å². The number of aliphatic hydroxyl groups excluding tert-OH is 1. The fourth-order valence-corrected chi connectivity index (χ4v) is 1.80. The Morgan fingerprint density at radius 3 is 2.76 bits per heavy atom. The van der Waals surface area contributed by atoms with Crippen LogP contribution in [0.15, 0.2) is 36.7 Å². The predicted octanol–water partition coefficient (Wildman–Crippen LogP) is 2.07. The summed E-state index contributed by atoms with van der Waals surface area (Å²) in [6, 6.07) is 6.25. The number of hydrogen-bond donors (Lipinski definition) is 1. The molecule has 0 aliphatic rings. The summed E-state index contributed by atoms with van der Waals surface area (Å²) in [4.78, 5) is 14.4. The monoisotopic (exact) mass is 290 g/mol. The van der Waals surface area contributed by atoms with Gasteiger partial charge >= 0.3 is 0 Å². The zero-order chi connectivity index (χ0) is 15.2. The third-order valence-corrected chi connectivity index (χ3v) is 2.85. The Balaban J connectivity index is 2.29. The lowest BCUT2D eigenvalue weighted by molar-refractivity contribution is -0.386. The van der Waals surface area contributed by atoms with Crippen molar-refractivity contribution in [3.63, 3.8) is 0 Å². The van der Waals surface area contributed by atoms with E-state index in [2.05, 4.69) is 4.98 Å². The molecule has 110 valence electrons. The van der Waals surface area contributed by atoms with Crippen LogP contribution in [0.3, 0.4) is 0 Å². The molecule has 2 aromatic rings. The van der Waals surface area contributed by atoms with Gasteiger partial charge in [-0.3, -0.25) is 15.1 Å². The van der Waals surface area contributed by atoms with Crippen LogP contribution < -0.4 is 9.47 Å². The average molecular weight is 290 g/mol. The van der Waals surface area contributed by atoms with Crippen LogP contribution in [-0.4, -0.2) is 22.1 Å². The maximum Gasteiger partial charge on any atom is 0.278 e. The molecule has 0 amide bonds. The standard InChI is InChI=1S/C14H14N2O5/c1-20-13-5-11(8-17)12(16(18)19)6-14(13)21-9-10-3-2-4-15-7-10/h2-7,17H,8-9H2,1H3. The Labute approximate surface area is 120 Å². The van der Waals surface area contributed by atoms with Crippen molar-refractivity contribution >= 4 is 5.69 Å². The van der Waals surface area contributed by atoms with E-state index in [9.17, 15) is 15.2 Å². The van der Waals surface area contributed by atoms with Gasteiger partial charge in [0.25, 0.3) is 5.69 Å². The van der Waals surface area contributed by atoms with Gasteiger partial charge in [0.2, 0.25) is 0 Å². The highest BCUT2D eigenvalue weighted by Crippen LogP contribution is 2.35. The summed E-state index contributed by atoms with van der Waals surface area (Å²) in [7, 11) is 1.43. The number of nitrogens with zero attached hydrogens (tertiary/aromatic N) is 2. The van der Waals surface area contributed by atoms with Crippen molar-refractivity contribution in [2.24, 2.45) is 0 Å². The Morgan fingerprint density at radius 1 is 1.38 bits per heavy atom. The Kier molecular flexibility index (Phi) is 4.68. The fraction of sp³-hybridized carbons (Fsp3) is 0.214. The van der Waals surface area contributed by atoms with Gasteiger partial charge in [-0.1, -0.05) is 6.07 Å². The van der Waals surface area contributed by atoms with Crippen molar-refractivity contribution in [1.82, 2.24) is 4.98 Å². The number of ether oxygens (including phenoxy) is 2. The molecule has 1 aromatic heterocycles. The molecule has 0 saturated carbocycles. The minimum Gasteiger partial charge on any atom is -0.493 e. The minimum atomic E-state index is -0.568. The second kappa shape index (κ2) is 6.67. The van der Waals surface area contributed by atoms with E-state index in [0.29, 0.717) is 5.75 Å². The van der Waals surface area contributed by atoms with Crippen LogP contribution in [0.2, 0.25) is 0 Å². The molecule has 0 aliphatic carbocycles. The molecule has 1 aromatic carbocycles. The molecule has 0 fully saturated rings. The van der Waals surface area contributed by atoms with Crippen molar-refractivity contribution in [2.45, 2.75) is 13.2 Å². The van der Waals surface area contributed by atoms with Gasteiger partial charge in [0.05, 0.1) is 30.3 Å². The summed E-state index contributed by atoms with van der Waals surface area (Å²) < 4.78 is 10.7. The normalized spacial score (nSPS) is 10.2. The molecule has 1 heterocycles. The molecule has 2 rings (SSSR count). The average Bonchev–Trinajstić information content (AvgIpc) is 2.52. The number of benzene rings is 1. The van der Waals surface area contributed by atoms with Gasteiger partial charge in [0, 0.05) is 18.0 Å². The van der Waals surface area contributed by atoms with Crippen LogP contribution in [-0.2, 0) is 13.2 Å². The van der Waals surface area contributed by atoms with Gasteiger partial charge in [0.15, 0.2) is 11.5 Å². The first-order chi connectivity index (χ1) is 10.2. The lowest BCUT2D eigenvalue weighted by Gasteiger charge is -2.12. The number of aromatic nitrogens is 1. The molecular weight excluding hydrogens is 276 g/mol. The van der Waals surface area contributed by atoms with E-state index in [-0.39, 0.29) is 23.6 Å². The predicted molar refractivity (Wildman–Crippen MR) is 74.1 cm³/mol. The van der Waals surface area contributed by atoms with E-state index < -0.39 is 11.5 Å². The maximum absolute atomic E-state index is 11.0. The highest BCUT2D eigenvalue weighted by molar-refractivity contribution is 5.54. The van der Waals surface area contributed by atoms with Gasteiger partial charge < -0.3 is 14.6 Å². The SMILES string of the molecule is COc1cc(CO)c([N+](=O)[O-])cc1OCc1cccnc1. The second-order valence-corrected chi connectivity index (χ2v) is 4.20. The topological polar surface area (TPSA) is 94.7 Å². The molecule has 0 bridgehead atoms. The highest BCUT2D eigenvalue weighted by Gasteiger charge is 2.19. The maximum atomic E-state index is 11.0. The van der Waals surface area contributed by atoms with E-state index in [1.807, 2.05) is 6.07 Å². The quantitative estimate of drug-likeness (QED) is 0.646. The van der Waals surface area contributed by atoms with Gasteiger partial charge in [-0.05, 0) is 12.1 Å². The molecular formula is C14H14N2O5. The van der Waals surface area contributed by atoms with E-state index in [1.165, 1.54) is 19.2 Å². The van der Waals surface area contributed by atoms with Gasteiger partial charge in [-0.2, -0.15) is 0 Å². The second-order valence-electron chi connectivity index (χ2n) is 4.20. The third-order valence-electron chi connectivity index (χ3n) is 2.85. The van der Waals surface area contributed by atoms with Crippen molar-refractivity contribution in [1.29, 1.82) is 0 Å². The van der Waals surface area contributed by atoms with Crippen LogP contribution in [0.1, 0.15) is 11.1 Å². The van der Waals surface area contributed by atoms with Crippen LogP contribution in [0.25, 0.3) is 0 Å². The molecule has 0 radical (unpaired) electrons. The largest absolute Gasteiger partial charge is 0.493 e. The lowest BCUT2D eigenvalue weighted by Crippen LogP contribution is -2.02. The molecule has 0 spiro atoms. The molecule has 7 heteroatoms. The van der Waals surface area contributed by atoms with Gasteiger partial charge in [-0.15, -0.1) is 0 Å². The van der Waals surface area contributed by atoms with Crippen molar-refractivity contribution in [3.05, 3.63) is 57.9 Å². The minimum absolute atomic E-state index is 0.172. The number of nitro benzene ring substituents is 1. The number of rotatable bonds is 6. The number of aliphatic hydroxyl groups is 1. The zero-order valence-corrected chi connectivity index (χ0v) is 11.4. The molecule has 21 heavy (non-hydrogen) atoms. The highest BCUT2D eigenvalue weighted by atomic mass is 16.6. The first kappa shape index (κ1) is 14.7. The number of hydrogen-bond acceptors (Lipinski definition) is 6. The molecule has 7 nitrogen and oxygen atoms in total. The Morgan fingerprint density at radius 2 is 2.19 bits per heavy atom. The summed E-state index contributed by atoms with van der Waals surface area (Å²) >= 11 is 0.